The lowest BCUT2D eigenvalue weighted by Crippen LogP contribution is -2.43. The van der Waals surface area contributed by atoms with Crippen LogP contribution in [0.1, 0.15) is 18.5 Å². The fraction of sp³-hybridized carbons (Fsp3) is 0.571. The van der Waals surface area contributed by atoms with Gasteiger partial charge in [0.15, 0.2) is 0 Å². The Morgan fingerprint density at radius 1 is 1.33 bits per heavy atom. The predicted octanol–water partition coefficient (Wildman–Crippen LogP) is 2.57. The molecular formula is C14H23ClN2O. The van der Waals surface area contributed by atoms with Crippen molar-refractivity contribution in [3.8, 4) is 0 Å². The van der Waals surface area contributed by atoms with Crippen molar-refractivity contribution in [2.75, 3.05) is 34.4 Å². The number of nitrogens with one attached hydrogen (secondary N) is 1. The second-order valence-corrected chi connectivity index (χ2v) is 5.00. The zero-order valence-corrected chi connectivity index (χ0v) is 12.4. The summed E-state index contributed by atoms with van der Waals surface area (Å²) in [5, 5.41) is 3.98. The molecule has 0 aliphatic rings. The third-order valence-electron chi connectivity index (χ3n) is 3.34. The Hall–Kier alpha value is -0.610. The summed E-state index contributed by atoms with van der Waals surface area (Å²) in [6.07, 6.45) is 0. The lowest BCUT2D eigenvalue weighted by molar-refractivity contribution is 0.0847. The first-order valence-electron chi connectivity index (χ1n) is 6.21. The van der Waals surface area contributed by atoms with Crippen LogP contribution in [-0.2, 0) is 4.74 Å². The predicted molar refractivity (Wildman–Crippen MR) is 77.2 cm³/mol. The minimum atomic E-state index is 0.329. The third kappa shape index (κ3) is 4.25. The molecule has 1 aromatic rings. The molecule has 0 radical (unpaired) electrons. The van der Waals surface area contributed by atoms with Crippen LogP contribution in [0.2, 0.25) is 5.02 Å². The van der Waals surface area contributed by atoms with E-state index in [1.54, 1.807) is 7.11 Å². The van der Waals surface area contributed by atoms with Gasteiger partial charge in [-0.15, -0.1) is 0 Å². The van der Waals surface area contributed by atoms with E-state index >= 15 is 0 Å². The highest BCUT2D eigenvalue weighted by Gasteiger charge is 2.20. The minimum absolute atomic E-state index is 0.329. The van der Waals surface area contributed by atoms with Crippen molar-refractivity contribution in [2.24, 2.45) is 0 Å². The maximum absolute atomic E-state index is 5.91. The first kappa shape index (κ1) is 15.4. The van der Waals surface area contributed by atoms with Crippen molar-refractivity contribution >= 4 is 11.6 Å². The number of rotatable bonds is 7. The van der Waals surface area contributed by atoms with Gasteiger partial charge >= 0.3 is 0 Å². The molecule has 0 fully saturated rings. The van der Waals surface area contributed by atoms with Crippen LogP contribution in [0.5, 0.6) is 0 Å². The van der Waals surface area contributed by atoms with Gasteiger partial charge in [-0.25, -0.2) is 0 Å². The van der Waals surface area contributed by atoms with Gasteiger partial charge in [0, 0.05) is 30.8 Å². The molecule has 1 N–H and O–H groups in total. The monoisotopic (exact) mass is 270 g/mol. The van der Waals surface area contributed by atoms with Gasteiger partial charge in [-0.05, 0) is 38.7 Å². The maximum atomic E-state index is 5.91. The lowest BCUT2D eigenvalue weighted by Gasteiger charge is -2.33. The zero-order chi connectivity index (χ0) is 13.5. The summed E-state index contributed by atoms with van der Waals surface area (Å²) in [7, 11) is 5.83. The van der Waals surface area contributed by atoms with Crippen LogP contribution >= 0.6 is 11.6 Å². The van der Waals surface area contributed by atoms with Gasteiger partial charge in [0.1, 0.15) is 0 Å². The molecule has 1 aromatic carbocycles. The molecule has 0 saturated heterocycles. The first-order chi connectivity index (χ1) is 8.60. The van der Waals surface area contributed by atoms with Gasteiger partial charge in [-0.2, -0.15) is 0 Å². The number of ether oxygens (including phenoxy) is 1. The second-order valence-electron chi connectivity index (χ2n) is 4.56. The molecule has 3 nitrogen and oxygen atoms in total. The number of methoxy groups -OCH3 is 1. The van der Waals surface area contributed by atoms with E-state index in [-0.39, 0.29) is 0 Å². The van der Waals surface area contributed by atoms with E-state index < -0.39 is 0 Å². The second kappa shape index (κ2) is 7.74. The number of benzene rings is 1. The van der Waals surface area contributed by atoms with Crippen LogP contribution in [0.15, 0.2) is 24.3 Å². The molecule has 0 amide bonds. The van der Waals surface area contributed by atoms with Crippen LogP contribution in [-0.4, -0.2) is 45.3 Å². The zero-order valence-electron chi connectivity index (χ0n) is 11.6. The number of hydrogen-bond acceptors (Lipinski definition) is 3. The van der Waals surface area contributed by atoms with Crippen molar-refractivity contribution in [1.82, 2.24) is 10.2 Å². The molecular weight excluding hydrogens is 248 g/mol. The highest BCUT2D eigenvalue weighted by atomic mass is 35.5. The topological polar surface area (TPSA) is 24.5 Å². The van der Waals surface area contributed by atoms with Crippen LogP contribution in [0, 0.1) is 0 Å². The fourth-order valence-corrected chi connectivity index (χ4v) is 2.17. The Kier molecular flexibility index (Phi) is 6.65. The molecule has 4 heteroatoms. The first-order valence-corrected chi connectivity index (χ1v) is 6.58. The summed E-state index contributed by atoms with van der Waals surface area (Å²) in [6.45, 7) is 3.82. The quantitative estimate of drug-likeness (QED) is 0.824. The van der Waals surface area contributed by atoms with Gasteiger partial charge in [0.25, 0.3) is 0 Å². The van der Waals surface area contributed by atoms with Gasteiger partial charge in [0.2, 0.25) is 0 Å². The third-order valence-corrected chi connectivity index (χ3v) is 3.59. The molecule has 1 rings (SSSR count). The average Bonchev–Trinajstić information content (AvgIpc) is 2.38. The SMILES string of the molecule is CNCC(COC)N(C)C(C)c1ccc(Cl)cc1. The van der Waals surface area contributed by atoms with E-state index in [1.165, 1.54) is 5.56 Å². The molecule has 18 heavy (non-hydrogen) atoms. The van der Waals surface area contributed by atoms with Crippen molar-refractivity contribution < 1.29 is 4.74 Å². The maximum Gasteiger partial charge on any atom is 0.0630 e. The van der Waals surface area contributed by atoms with E-state index in [4.69, 9.17) is 16.3 Å². The molecule has 0 aromatic heterocycles. The van der Waals surface area contributed by atoms with E-state index in [0.717, 1.165) is 18.2 Å². The van der Waals surface area contributed by atoms with Crippen LogP contribution in [0.4, 0.5) is 0 Å². The molecule has 2 unspecified atom stereocenters. The number of halogens is 1. The van der Waals surface area contributed by atoms with Gasteiger partial charge < -0.3 is 10.1 Å². The van der Waals surface area contributed by atoms with Gasteiger partial charge in [0.05, 0.1) is 6.61 Å². The Bertz CT molecular complexity index is 336. The van der Waals surface area contributed by atoms with Crippen molar-refractivity contribution in [3.05, 3.63) is 34.9 Å². The van der Waals surface area contributed by atoms with Crippen LogP contribution < -0.4 is 5.32 Å². The van der Waals surface area contributed by atoms with Crippen LogP contribution in [0.25, 0.3) is 0 Å². The summed E-state index contributed by atoms with van der Waals surface area (Å²) in [5.41, 5.74) is 1.26. The van der Waals surface area contributed by atoms with E-state index in [0.29, 0.717) is 12.1 Å². The lowest BCUT2D eigenvalue weighted by atomic mass is 10.1. The van der Waals surface area contributed by atoms with E-state index in [2.05, 4.69) is 36.3 Å². The summed E-state index contributed by atoms with van der Waals surface area (Å²) >= 11 is 5.91. The smallest absolute Gasteiger partial charge is 0.0630 e. The Balaban J connectivity index is 2.73. The highest BCUT2D eigenvalue weighted by Crippen LogP contribution is 2.22. The minimum Gasteiger partial charge on any atom is -0.383 e. The summed E-state index contributed by atoms with van der Waals surface area (Å²) in [5.74, 6) is 0. The Labute approximate surface area is 115 Å². The standard InChI is InChI=1S/C14H23ClN2O/c1-11(12-5-7-13(15)8-6-12)17(3)14(9-16-2)10-18-4/h5-8,11,14,16H,9-10H2,1-4H3. The molecule has 0 aliphatic carbocycles. The Morgan fingerprint density at radius 3 is 2.44 bits per heavy atom. The normalized spacial score (nSPS) is 14.8. The largest absolute Gasteiger partial charge is 0.383 e. The van der Waals surface area contributed by atoms with Gasteiger partial charge in [-0.3, -0.25) is 4.90 Å². The van der Waals surface area contributed by atoms with Crippen molar-refractivity contribution in [1.29, 1.82) is 0 Å². The number of nitrogens with zero attached hydrogens (tertiary/aromatic N) is 1. The fourth-order valence-electron chi connectivity index (χ4n) is 2.04. The van der Waals surface area contributed by atoms with Crippen molar-refractivity contribution in [3.63, 3.8) is 0 Å². The summed E-state index contributed by atoms with van der Waals surface area (Å²) in [4.78, 5) is 2.32. The molecule has 0 bridgehead atoms. The number of likely N-dealkylation sites (N-methyl/N-ethyl adjacent to an activating group) is 2. The van der Waals surface area contributed by atoms with Gasteiger partial charge in [-0.1, -0.05) is 23.7 Å². The molecule has 102 valence electrons. The van der Waals surface area contributed by atoms with Crippen molar-refractivity contribution in [2.45, 2.75) is 19.0 Å². The molecule has 0 heterocycles. The molecule has 0 saturated carbocycles. The molecule has 2 atom stereocenters. The van der Waals surface area contributed by atoms with E-state index in [1.807, 2.05) is 19.2 Å². The van der Waals surface area contributed by atoms with E-state index in [9.17, 15) is 0 Å². The molecule has 0 aliphatic heterocycles. The number of hydrogen-bond donors (Lipinski definition) is 1. The van der Waals surface area contributed by atoms with Crippen LogP contribution in [0.3, 0.4) is 0 Å². The summed E-state index contributed by atoms with van der Waals surface area (Å²) < 4.78 is 5.28. The average molecular weight is 271 g/mol. The summed E-state index contributed by atoms with van der Waals surface area (Å²) in [6, 6.07) is 8.70. The molecule has 0 spiro atoms. The highest BCUT2D eigenvalue weighted by molar-refractivity contribution is 6.30. The Morgan fingerprint density at radius 2 is 1.94 bits per heavy atom.